The van der Waals surface area contributed by atoms with Gasteiger partial charge in [0.1, 0.15) is 17.5 Å². The summed E-state index contributed by atoms with van der Waals surface area (Å²) in [6, 6.07) is 8.59. The van der Waals surface area contributed by atoms with Gasteiger partial charge in [-0.05, 0) is 48.9 Å². The van der Waals surface area contributed by atoms with Gasteiger partial charge in [-0.15, -0.1) is 0 Å². The van der Waals surface area contributed by atoms with Crippen LogP contribution >= 0.6 is 15.9 Å². The van der Waals surface area contributed by atoms with Gasteiger partial charge in [0.15, 0.2) is 0 Å². The second-order valence-electron chi connectivity index (χ2n) is 6.83. The molecule has 1 aromatic heterocycles. The second-order valence-corrected chi connectivity index (χ2v) is 7.75. The molecule has 0 bridgehead atoms. The maximum absolute atomic E-state index is 8.98. The van der Waals surface area contributed by atoms with E-state index in [0.29, 0.717) is 5.92 Å². The summed E-state index contributed by atoms with van der Waals surface area (Å²) in [4.78, 5) is 11.9. The zero-order valence-corrected chi connectivity index (χ0v) is 15.8. The molecule has 1 fully saturated rings. The molecule has 1 saturated carbocycles. The first-order chi connectivity index (χ1) is 12.2. The summed E-state index contributed by atoms with van der Waals surface area (Å²) < 4.78 is 1.15. The van der Waals surface area contributed by atoms with E-state index in [4.69, 9.17) is 10.1 Å². The highest BCUT2D eigenvalue weighted by molar-refractivity contribution is 9.10. The van der Waals surface area contributed by atoms with E-state index in [0.717, 1.165) is 54.4 Å². The Labute approximate surface area is 156 Å². The van der Waals surface area contributed by atoms with E-state index in [9.17, 15) is 0 Å². The van der Waals surface area contributed by atoms with Crippen molar-refractivity contribution in [2.45, 2.75) is 38.1 Å². The van der Waals surface area contributed by atoms with Crippen molar-refractivity contribution in [3.8, 4) is 0 Å². The van der Waals surface area contributed by atoms with Gasteiger partial charge in [0.05, 0.1) is 0 Å². The molecule has 1 aromatic carbocycles. The van der Waals surface area contributed by atoms with Crippen LogP contribution in [-0.2, 0) is 13.0 Å². The van der Waals surface area contributed by atoms with Gasteiger partial charge >= 0.3 is 0 Å². The number of halogens is 1. The lowest BCUT2D eigenvalue weighted by Crippen LogP contribution is -2.31. The predicted molar refractivity (Wildman–Crippen MR) is 103 cm³/mol. The molecule has 2 aliphatic rings. The minimum absolute atomic E-state index is 0.193. The highest BCUT2D eigenvalue weighted by atomic mass is 79.9. The zero-order valence-electron chi connectivity index (χ0n) is 14.2. The van der Waals surface area contributed by atoms with Gasteiger partial charge < -0.3 is 15.3 Å². The Morgan fingerprint density at radius 1 is 1.20 bits per heavy atom. The van der Waals surface area contributed by atoms with Gasteiger partial charge in [-0.25, -0.2) is 9.97 Å². The lowest BCUT2D eigenvalue weighted by molar-refractivity contribution is 0.292. The third-order valence-corrected chi connectivity index (χ3v) is 5.31. The molecule has 2 N–H and O–H groups in total. The van der Waals surface area contributed by atoms with Gasteiger partial charge in [-0.2, -0.15) is 0 Å². The largest absolute Gasteiger partial charge is 0.396 e. The Morgan fingerprint density at radius 2 is 2.08 bits per heavy atom. The summed E-state index contributed by atoms with van der Waals surface area (Å²) >= 11 is 3.56. The number of hydrogen-bond donors (Lipinski definition) is 2. The number of rotatable bonds is 6. The van der Waals surface area contributed by atoms with Gasteiger partial charge in [-0.1, -0.05) is 22.0 Å². The lowest BCUT2D eigenvalue weighted by Gasteiger charge is -2.30. The number of benzene rings is 1. The van der Waals surface area contributed by atoms with Crippen LogP contribution in [-0.4, -0.2) is 34.8 Å². The van der Waals surface area contributed by atoms with E-state index in [-0.39, 0.29) is 6.61 Å². The number of fused-ring (bicyclic) bond motifs is 1. The number of aromatic nitrogens is 2. The first-order valence-corrected chi connectivity index (χ1v) is 9.78. The lowest BCUT2D eigenvalue weighted by atomic mass is 10.00. The fraction of sp³-hybridized carbons (Fsp3) is 0.474. The van der Waals surface area contributed by atoms with E-state index in [2.05, 4.69) is 49.3 Å². The average Bonchev–Trinajstić information content (AvgIpc) is 3.46. The molecule has 1 aliphatic carbocycles. The van der Waals surface area contributed by atoms with Crippen LogP contribution in [0.15, 0.2) is 28.7 Å². The first-order valence-electron chi connectivity index (χ1n) is 8.99. The smallest absolute Gasteiger partial charge is 0.136 e. The Hall–Kier alpha value is -1.66. The molecule has 2 aromatic rings. The standard InChI is InChI=1S/C19H23BrN4O/c20-16-5-4-15-12-24(8-6-14(15)10-16)18-11-17(21-7-1-9-25)22-19(23-18)13-2-3-13/h4-5,10-11,13,25H,1-3,6-9,12H2,(H,21,22,23). The molecule has 6 heteroatoms. The maximum Gasteiger partial charge on any atom is 0.136 e. The first kappa shape index (κ1) is 16.8. The summed E-state index contributed by atoms with van der Waals surface area (Å²) in [5.41, 5.74) is 2.79. The van der Waals surface area contributed by atoms with Gasteiger partial charge in [0, 0.05) is 42.7 Å². The molecule has 2 heterocycles. The average molecular weight is 403 g/mol. The quantitative estimate of drug-likeness (QED) is 0.724. The predicted octanol–water partition coefficient (Wildman–Crippen LogP) is 3.47. The number of anilines is 2. The van der Waals surface area contributed by atoms with E-state index >= 15 is 0 Å². The normalized spacial score (nSPS) is 16.6. The van der Waals surface area contributed by atoms with Crippen molar-refractivity contribution in [3.63, 3.8) is 0 Å². The second kappa shape index (κ2) is 7.30. The molecule has 0 radical (unpaired) electrons. The van der Waals surface area contributed by atoms with Crippen LogP contribution in [0.2, 0.25) is 0 Å². The summed E-state index contributed by atoms with van der Waals surface area (Å²) in [6.45, 7) is 2.78. The highest BCUT2D eigenvalue weighted by Gasteiger charge is 2.28. The van der Waals surface area contributed by atoms with Crippen LogP contribution in [0.1, 0.15) is 42.1 Å². The highest BCUT2D eigenvalue weighted by Crippen LogP contribution is 2.39. The SMILES string of the molecule is OCCCNc1cc(N2CCc3cc(Br)ccc3C2)nc(C2CC2)n1. The molecule has 0 unspecified atom stereocenters. The van der Waals surface area contributed by atoms with Crippen molar-refractivity contribution in [2.75, 3.05) is 29.9 Å². The van der Waals surface area contributed by atoms with E-state index in [1.807, 2.05) is 6.07 Å². The minimum Gasteiger partial charge on any atom is -0.396 e. The van der Waals surface area contributed by atoms with Crippen LogP contribution in [0, 0.1) is 0 Å². The van der Waals surface area contributed by atoms with Crippen LogP contribution in [0.25, 0.3) is 0 Å². The Balaban J connectivity index is 1.57. The molecule has 0 saturated heterocycles. The molecular weight excluding hydrogens is 380 g/mol. The fourth-order valence-electron chi connectivity index (χ4n) is 3.24. The fourth-order valence-corrected chi connectivity index (χ4v) is 3.65. The van der Waals surface area contributed by atoms with Gasteiger partial charge in [0.2, 0.25) is 0 Å². The van der Waals surface area contributed by atoms with Crippen molar-refractivity contribution < 1.29 is 5.11 Å². The van der Waals surface area contributed by atoms with Crippen molar-refractivity contribution in [1.29, 1.82) is 0 Å². The van der Waals surface area contributed by atoms with E-state index in [1.54, 1.807) is 0 Å². The maximum atomic E-state index is 8.98. The monoisotopic (exact) mass is 402 g/mol. The van der Waals surface area contributed by atoms with Gasteiger partial charge in [-0.3, -0.25) is 0 Å². The molecule has 1 aliphatic heterocycles. The molecule has 25 heavy (non-hydrogen) atoms. The van der Waals surface area contributed by atoms with Crippen LogP contribution < -0.4 is 10.2 Å². The number of aliphatic hydroxyl groups is 1. The van der Waals surface area contributed by atoms with Crippen LogP contribution in [0.4, 0.5) is 11.6 Å². The Morgan fingerprint density at radius 3 is 2.88 bits per heavy atom. The van der Waals surface area contributed by atoms with Crippen molar-refractivity contribution in [1.82, 2.24) is 9.97 Å². The third-order valence-electron chi connectivity index (χ3n) is 4.82. The number of nitrogens with one attached hydrogen (secondary N) is 1. The zero-order chi connectivity index (χ0) is 17.2. The Kier molecular flexibility index (Phi) is 4.90. The molecular formula is C19H23BrN4O. The summed E-state index contributed by atoms with van der Waals surface area (Å²) in [5, 5.41) is 12.3. The molecule has 0 spiro atoms. The third kappa shape index (κ3) is 3.96. The number of nitrogens with zero attached hydrogens (tertiary/aromatic N) is 3. The molecule has 4 rings (SSSR count). The number of aliphatic hydroxyl groups excluding tert-OH is 1. The van der Waals surface area contributed by atoms with Crippen molar-refractivity contribution in [2.24, 2.45) is 0 Å². The molecule has 132 valence electrons. The molecule has 0 amide bonds. The van der Waals surface area contributed by atoms with Crippen molar-refractivity contribution >= 4 is 27.6 Å². The number of hydrogen-bond acceptors (Lipinski definition) is 5. The molecule has 5 nitrogen and oxygen atoms in total. The molecule has 0 atom stereocenters. The van der Waals surface area contributed by atoms with E-state index < -0.39 is 0 Å². The van der Waals surface area contributed by atoms with Gasteiger partial charge in [0.25, 0.3) is 0 Å². The van der Waals surface area contributed by atoms with Crippen LogP contribution in [0.3, 0.4) is 0 Å². The summed E-state index contributed by atoms with van der Waals surface area (Å²) in [7, 11) is 0. The summed E-state index contributed by atoms with van der Waals surface area (Å²) in [5.74, 6) is 3.37. The Bertz CT molecular complexity index is 763. The van der Waals surface area contributed by atoms with E-state index in [1.165, 1.54) is 24.0 Å². The topological polar surface area (TPSA) is 61.3 Å². The van der Waals surface area contributed by atoms with Crippen molar-refractivity contribution in [3.05, 3.63) is 45.7 Å². The summed E-state index contributed by atoms with van der Waals surface area (Å²) in [6.07, 6.45) is 4.14. The van der Waals surface area contributed by atoms with Crippen LogP contribution in [0.5, 0.6) is 0 Å². The minimum atomic E-state index is 0.193.